The molecular formula is C16H19BrN2O5. The number of fused-ring (bicyclic) bond motifs is 1. The quantitative estimate of drug-likeness (QED) is 0.731. The van der Waals surface area contributed by atoms with Gasteiger partial charge in [0.05, 0.1) is 5.69 Å². The number of carboxylic acid groups (broad SMARTS) is 1. The molecule has 0 bridgehead atoms. The minimum atomic E-state index is -1.07. The Morgan fingerprint density at radius 2 is 2.21 bits per heavy atom. The number of nitrogens with zero attached hydrogens (tertiary/aromatic N) is 1. The van der Waals surface area contributed by atoms with Crippen LogP contribution in [0.4, 0.5) is 5.69 Å². The first-order valence-electron chi connectivity index (χ1n) is 7.67. The van der Waals surface area contributed by atoms with Gasteiger partial charge < -0.3 is 15.2 Å². The van der Waals surface area contributed by atoms with E-state index in [0.29, 0.717) is 24.3 Å². The summed E-state index contributed by atoms with van der Waals surface area (Å²) in [6.07, 6.45) is 1.90. The number of carbonyl (C=O) groups excluding carboxylic acids is 2. The average Bonchev–Trinajstić information content (AvgIpc) is 2.53. The van der Waals surface area contributed by atoms with Crippen LogP contribution in [0.1, 0.15) is 26.2 Å². The molecule has 7 nitrogen and oxygen atoms in total. The summed E-state index contributed by atoms with van der Waals surface area (Å²) >= 11 is 3.32. The van der Waals surface area contributed by atoms with Crippen LogP contribution in [-0.4, -0.2) is 42.1 Å². The van der Waals surface area contributed by atoms with Crippen LogP contribution in [0.15, 0.2) is 22.7 Å². The van der Waals surface area contributed by atoms with E-state index in [1.165, 1.54) is 4.90 Å². The second kappa shape index (κ2) is 8.14. The molecule has 1 aliphatic rings. The fourth-order valence-electron chi connectivity index (χ4n) is 2.40. The maximum Gasteiger partial charge on any atom is 0.326 e. The maximum absolute atomic E-state index is 12.2. The molecule has 8 heteroatoms. The van der Waals surface area contributed by atoms with Crippen LogP contribution >= 0.6 is 15.9 Å². The number of aliphatic carboxylic acids is 1. The molecule has 0 unspecified atom stereocenters. The number of rotatable bonds is 7. The van der Waals surface area contributed by atoms with E-state index in [1.807, 2.05) is 6.92 Å². The molecule has 0 saturated carbocycles. The average molecular weight is 399 g/mol. The van der Waals surface area contributed by atoms with Crippen molar-refractivity contribution in [3.05, 3.63) is 22.7 Å². The summed E-state index contributed by atoms with van der Waals surface area (Å²) in [6, 6.07) is 4.19. The third-order valence-corrected chi connectivity index (χ3v) is 4.14. The number of carboxylic acids is 1. The number of nitrogens with one attached hydrogen (secondary N) is 1. The maximum atomic E-state index is 12.2. The second-order valence-electron chi connectivity index (χ2n) is 5.48. The molecule has 0 fully saturated rings. The van der Waals surface area contributed by atoms with E-state index in [0.717, 1.165) is 10.9 Å². The van der Waals surface area contributed by atoms with Crippen LogP contribution in [0.2, 0.25) is 0 Å². The van der Waals surface area contributed by atoms with Gasteiger partial charge in [0.2, 0.25) is 5.91 Å². The Hall–Kier alpha value is -2.09. The van der Waals surface area contributed by atoms with Gasteiger partial charge in [-0.25, -0.2) is 4.79 Å². The lowest BCUT2D eigenvalue weighted by atomic mass is 10.1. The first-order valence-corrected chi connectivity index (χ1v) is 8.46. The highest BCUT2D eigenvalue weighted by Crippen LogP contribution is 2.34. The number of anilines is 1. The van der Waals surface area contributed by atoms with Crippen molar-refractivity contribution >= 4 is 39.4 Å². The summed E-state index contributed by atoms with van der Waals surface area (Å²) in [6.45, 7) is 1.55. The van der Waals surface area contributed by atoms with Crippen molar-refractivity contribution in [3.8, 4) is 5.75 Å². The zero-order chi connectivity index (χ0) is 17.7. The van der Waals surface area contributed by atoms with Crippen LogP contribution in [0.5, 0.6) is 5.75 Å². The number of hydrogen-bond donors (Lipinski definition) is 2. The van der Waals surface area contributed by atoms with Gasteiger partial charge in [0.1, 0.15) is 18.3 Å². The molecule has 1 aromatic carbocycles. The lowest BCUT2D eigenvalue weighted by molar-refractivity contribution is -0.141. The zero-order valence-corrected chi connectivity index (χ0v) is 14.8. The monoisotopic (exact) mass is 398 g/mol. The van der Waals surface area contributed by atoms with Gasteiger partial charge >= 0.3 is 5.97 Å². The first-order chi connectivity index (χ1) is 11.4. The van der Waals surface area contributed by atoms with Crippen molar-refractivity contribution in [1.29, 1.82) is 0 Å². The predicted molar refractivity (Wildman–Crippen MR) is 91.1 cm³/mol. The normalized spacial score (nSPS) is 14.6. The third kappa shape index (κ3) is 4.47. The topological polar surface area (TPSA) is 95.9 Å². The van der Waals surface area contributed by atoms with Crippen LogP contribution in [0.25, 0.3) is 0 Å². The van der Waals surface area contributed by atoms with E-state index >= 15 is 0 Å². The SMILES string of the molecule is CCCC[C@H](NC(=O)CN1C(=O)COc2cc(Br)ccc21)C(=O)O. The van der Waals surface area contributed by atoms with Gasteiger partial charge in [0.25, 0.3) is 5.91 Å². The molecular weight excluding hydrogens is 380 g/mol. The second-order valence-corrected chi connectivity index (χ2v) is 6.40. The van der Waals surface area contributed by atoms with Crippen molar-refractivity contribution in [2.45, 2.75) is 32.2 Å². The summed E-state index contributed by atoms with van der Waals surface area (Å²) in [5, 5.41) is 11.7. The molecule has 2 N–H and O–H groups in total. The molecule has 0 aliphatic carbocycles. The molecule has 2 amide bonds. The van der Waals surface area contributed by atoms with Gasteiger partial charge in [-0.2, -0.15) is 0 Å². The lowest BCUT2D eigenvalue weighted by Gasteiger charge is -2.29. The van der Waals surface area contributed by atoms with Gasteiger partial charge in [0, 0.05) is 4.47 Å². The van der Waals surface area contributed by atoms with E-state index in [4.69, 9.17) is 4.74 Å². The van der Waals surface area contributed by atoms with E-state index < -0.39 is 17.9 Å². The van der Waals surface area contributed by atoms with Crippen LogP contribution in [0, 0.1) is 0 Å². The fourth-order valence-corrected chi connectivity index (χ4v) is 2.74. The summed E-state index contributed by atoms with van der Waals surface area (Å²) in [7, 11) is 0. The van der Waals surface area contributed by atoms with Crippen molar-refractivity contribution in [3.63, 3.8) is 0 Å². The standard InChI is InChI=1S/C16H19BrN2O5/c1-2-3-4-11(16(22)23)18-14(20)8-19-12-6-5-10(17)7-13(12)24-9-15(19)21/h5-7,11H,2-4,8-9H2,1H3,(H,18,20)(H,22,23)/t11-/m0/s1. The lowest BCUT2D eigenvalue weighted by Crippen LogP contribution is -2.49. The number of benzene rings is 1. The zero-order valence-electron chi connectivity index (χ0n) is 13.3. The Bertz CT molecular complexity index is 649. The van der Waals surface area contributed by atoms with Crippen LogP contribution in [-0.2, 0) is 14.4 Å². The van der Waals surface area contributed by atoms with Gasteiger partial charge in [-0.05, 0) is 24.6 Å². The summed E-state index contributed by atoms with van der Waals surface area (Å²) < 4.78 is 6.15. The van der Waals surface area contributed by atoms with E-state index in [2.05, 4.69) is 21.2 Å². The molecule has 0 aromatic heterocycles. The van der Waals surface area contributed by atoms with Crippen molar-refractivity contribution in [1.82, 2.24) is 5.32 Å². The molecule has 1 atom stereocenters. The molecule has 1 heterocycles. The van der Waals surface area contributed by atoms with Gasteiger partial charge in [-0.1, -0.05) is 35.7 Å². The van der Waals surface area contributed by atoms with E-state index in [1.54, 1.807) is 18.2 Å². The minimum Gasteiger partial charge on any atom is -0.482 e. The predicted octanol–water partition coefficient (Wildman–Crippen LogP) is 1.93. The largest absolute Gasteiger partial charge is 0.482 e. The molecule has 1 aliphatic heterocycles. The number of amides is 2. The number of unbranched alkanes of at least 4 members (excludes halogenated alkanes) is 1. The number of carbonyl (C=O) groups is 3. The van der Waals surface area contributed by atoms with Crippen molar-refractivity contribution in [2.24, 2.45) is 0 Å². The molecule has 1 aromatic rings. The van der Waals surface area contributed by atoms with Gasteiger partial charge in [-0.15, -0.1) is 0 Å². The molecule has 0 saturated heterocycles. The van der Waals surface area contributed by atoms with Crippen molar-refractivity contribution < 1.29 is 24.2 Å². The highest BCUT2D eigenvalue weighted by molar-refractivity contribution is 9.10. The van der Waals surface area contributed by atoms with E-state index in [-0.39, 0.29) is 19.1 Å². The highest BCUT2D eigenvalue weighted by Gasteiger charge is 2.28. The van der Waals surface area contributed by atoms with Crippen molar-refractivity contribution in [2.75, 3.05) is 18.1 Å². The third-order valence-electron chi connectivity index (χ3n) is 3.65. The fraction of sp³-hybridized carbons (Fsp3) is 0.438. The molecule has 2 rings (SSSR count). The minimum absolute atomic E-state index is 0.158. The highest BCUT2D eigenvalue weighted by atomic mass is 79.9. The Morgan fingerprint density at radius 3 is 2.88 bits per heavy atom. The summed E-state index contributed by atoms with van der Waals surface area (Å²) in [4.78, 5) is 36.8. The summed E-state index contributed by atoms with van der Waals surface area (Å²) in [5.41, 5.74) is 0.491. The molecule has 130 valence electrons. The summed E-state index contributed by atoms with van der Waals surface area (Å²) in [5.74, 6) is -1.44. The number of halogens is 1. The smallest absolute Gasteiger partial charge is 0.326 e. The van der Waals surface area contributed by atoms with E-state index in [9.17, 15) is 19.5 Å². The molecule has 0 radical (unpaired) electrons. The first kappa shape index (κ1) is 18.3. The number of ether oxygens (including phenoxy) is 1. The molecule has 24 heavy (non-hydrogen) atoms. The Kier molecular flexibility index (Phi) is 6.19. The van der Waals surface area contributed by atoms with Gasteiger partial charge in [-0.3, -0.25) is 14.5 Å². The van der Waals surface area contributed by atoms with Crippen LogP contribution < -0.4 is 15.0 Å². The Balaban J connectivity index is 2.08. The van der Waals surface area contributed by atoms with Crippen LogP contribution in [0.3, 0.4) is 0 Å². The Labute approximate surface area is 148 Å². The number of hydrogen-bond acceptors (Lipinski definition) is 4. The Morgan fingerprint density at radius 1 is 1.46 bits per heavy atom. The van der Waals surface area contributed by atoms with Gasteiger partial charge in [0.15, 0.2) is 6.61 Å². The molecule has 0 spiro atoms.